The summed E-state index contributed by atoms with van der Waals surface area (Å²) < 4.78 is 18.2. The van der Waals surface area contributed by atoms with Crippen molar-refractivity contribution < 1.29 is 9.13 Å². The van der Waals surface area contributed by atoms with Crippen molar-refractivity contribution in [3.63, 3.8) is 0 Å². The molecule has 17 heavy (non-hydrogen) atoms. The number of nitrogens with two attached hydrogens (primary N) is 1. The van der Waals surface area contributed by atoms with Gasteiger partial charge in [-0.25, -0.2) is 4.39 Å². The topological polar surface area (TPSA) is 47.3 Å². The van der Waals surface area contributed by atoms with E-state index in [1.807, 2.05) is 0 Å². The molecule has 0 aliphatic carbocycles. The molecule has 0 bridgehead atoms. The third-order valence-electron chi connectivity index (χ3n) is 2.85. The highest BCUT2D eigenvalue weighted by Crippen LogP contribution is 2.25. The van der Waals surface area contributed by atoms with E-state index < -0.39 is 0 Å². The molecule has 1 aromatic rings. The van der Waals surface area contributed by atoms with Crippen molar-refractivity contribution in [2.45, 2.75) is 32.2 Å². The number of hydrogen-bond donors (Lipinski definition) is 2. The molecule has 1 aromatic carbocycles. The fourth-order valence-electron chi connectivity index (χ4n) is 1.85. The molecule has 1 atom stereocenters. The molecular formula is C13H21FN2O. The smallest absolute Gasteiger partial charge is 0.165 e. The number of rotatable bonds is 6. The quantitative estimate of drug-likeness (QED) is 0.803. The Hall–Kier alpha value is -1.29. The Morgan fingerprint density at radius 2 is 2.18 bits per heavy atom. The summed E-state index contributed by atoms with van der Waals surface area (Å²) in [4.78, 5) is 0. The molecule has 1 rings (SSSR count). The molecule has 0 saturated heterocycles. The van der Waals surface area contributed by atoms with Gasteiger partial charge in [-0.15, -0.1) is 0 Å². The summed E-state index contributed by atoms with van der Waals surface area (Å²) in [5.74, 6) is -0.117. The summed E-state index contributed by atoms with van der Waals surface area (Å²) in [6.07, 6.45) is 2.00. The van der Waals surface area contributed by atoms with E-state index in [-0.39, 0.29) is 17.1 Å². The van der Waals surface area contributed by atoms with E-state index in [0.717, 1.165) is 18.5 Å². The molecule has 0 aliphatic heterocycles. The van der Waals surface area contributed by atoms with Gasteiger partial charge in [0.15, 0.2) is 11.6 Å². The van der Waals surface area contributed by atoms with E-state index in [4.69, 9.17) is 10.5 Å². The summed E-state index contributed by atoms with van der Waals surface area (Å²) in [5, 5.41) is 3.34. The van der Waals surface area contributed by atoms with Crippen molar-refractivity contribution in [1.82, 2.24) is 0 Å². The lowest BCUT2D eigenvalue weighted by Crippen LogP contribution is -2.42. The largest absolute Gasteiger partial charge is 0.494 e. The zero-order valence-corrected chi connectivity index (χ0v) is 10.7. The van der Waals surface area contributed by atoms with Gasteiger partial charge in [-0.1, -0.05) is 13.3 Å². The van der Waals surface area contributed by atoms with Crippen LogP contribution in [0.4, 0.5) is 10.1 Å². The number of ether oxygens (including phenoxy) is 1. The number of halogens is 1. The third kappa shape index (κ3) is 3.60. The first-order valence-electron chi connectivity index (χ1n) is 5.86. The van der Waals surface area contributed by atoms with Crippen molar-refractivity contribution in [2.24, 2.45) is 5.73 Å². The molecule has 3 N–H and O–H groups in total. The first kappa shape index (κ1) is 13.8. The van der Waals surface area contributed by atoms with E-state index in [2.05, 4.69) is 19.2 Å². The van der Waals surface area contributed by atoms with Gasteiger partial charge in [-0.3, -0.25) is 0 Å². The van der Waals surface area contributed by atoms with E-state index in [9.17, 15) is 4.39 Å². The molecule has 0 saturated carbocycles. The fourth-order valence-corrected chi connectivity index (χ4v) is 1.85. The normalized spacial score (nSPS) is 14.2. The number of hydrogen-bond acceptors (Lipinski definition) is 3. The average Bonchev–Trinajstić information content (AvgIpc) is 2.32. The predicted molar refractivity (Wildman–Crippen MR) is 68.9 cm³/mol. The summed E-state index contributed by atoms with van der Waals surface area (Å²) in [5.41, 5.74) is 6.43. The van der Waals surface area contributed by atoms with Gasteiger partial charge in [-0.05, 0) is 25.5 Å². The SMILES string of the molecule is CCCC(C)(CN)Nc1ccc(F)c(OC)c1. The summed E-state index contributed by atoms with van der Waals surface area (Å²) in [7, 11) is 1.45. The van der Waals surface area contributed by atoms with Gasteiger partial charge in [0.05, 0.1) is 7.11 Å². The highest BCUT2D eigenvalue weighted by atomic mass is 19.1. The standard InChI is InChI=1S/C13H21FN2O/c1-4-7-13(2,9-15)16-10-5-6-11(14)12(8-10)17-3/h5-6,8,16H,4,7,9,15H2,1-3H3. The van der Waals surface area contributed by atoms with Crippen molar-refractivity contribution >= 4 is 5.69 Å². The summed E-state index contributed by atoms with van der Waals surface area (Å²) >= 11 is 0. The fraction of sp³-hybridized carbons (Fsp3) is 0.538. The maximum absolute atomic E-state index is 13.3. The Morgan fingerprint density at radius 1 is 1.47 bits per heavy atom. The highest BCUT2D eigenvalue weighted by Gasteiger charge is 2.21. The molecule has 1 unspecified atom stereocenters. The van der Waals surface area contributed by atoms with Crippen LogP contribution in [0.2, 0.25) is 0 Å². The lowest BCUT2D eigenvalue weighted by molar-refractivity contribution is 0.386. The molecule has 0 fully saturated rings. The Balaban J connectivity index is 2.86. The average molecular weight is 240 g/mol. The molecule has 96 valence electrons. The van der Waals surface area contributed by atoms with E-state index >= 15 is 0 Å². The van der Waals surface area contributed by atoms with Gasteiger partial charge >= 0.3 is 0 Å². The Labute approximate surface area is 102 Å². The number of benzene rings is 1. The first-order chi connectivity index (χ1) is 8.04. The van der Waals surface area contributed by atoms with Gasteiger partial charge in [0.25, 0.3) is 0 Å². The number of methoxy groups -OCH3 is 1. The van der Waals surface area contributed by atoms with Crippen LogP contribution >= 0.6 is 0 Å². The van der Waals surface area contributed by atoms with Gasteiger partial charge in [0, 0.05) is 23.8 Å². The maximum Gasteiger partial charge on any atom is 0.165 e. The molecule has 0 aliphatic rings. The van der Waals surface area contributed by atoms with E-state index in [1.54, 1.807) is 12.1 Å². The van der Waals surface area contributed by atoms with Crippen molar-refractivity contribution in [1.29, 1.82) is 0 Å². The Kier molecular flexibility index (Phi) is 4.75. The van der Waals surface area contributed by atoms with Gasteiger partial charge in [0.2, 0.25) is 0 Å². The maximum atomic E-state index is 13.3. The second kappa shape index (κ2) is 5.87. The second-order valence-electron chi connectivity index (χ2n) is 4.49. The summed E-state index contributed by atoms with van der Waals surface area (Å²) in [6.45, 7) is 4.70. The van der Waals surface area contributed by atoms with Crippen LogP contribution in [0.3, 0.4) is 0 Å². The Morgan fingerprint density at radius 3 is 2.71 bits per heavy atom. The van der Waals surface area contributed by atoms with Crippen LogP contribution in [0, 0.1) is 5.82 Å². The molecule has 0 amide bonds. The predicted octanol–water partition coefficient (Wildman–Crippen LogP) is 2.76. The van der Waals surface area contributed by atoms with Gasteiger partial charge < -0.3 is 15.8 Å². The lowest BCUT2D eigenvalue weighted by atomic mass is 9.96. The minimum atomic E-state index is -0.358. The highest BCUT2D eigenvalue weighted by molar-refractivity contribution is 5.50. The number of nitrogens with one attached hydrogen (secondary N) is 1. The number of anilines is 1. The van der Waals surface area contributed by atoms with Crippen LogP contribution in [0.1, 0.15) is 26.7 Å². The van der Waals surface area contributed by atoms with Crippen LogP contribution in [0.5, 0.6) is 5.75 Å². The van der Waals surface area contributed by atoms with Crippen LogP contribution in [0.25, 0.3) is 0 Å². The van der Waals surface area contributed by atoms with Gasteiger partial charge in [-0.2, -0.15) is 0 Å². The van der Waals surface area contributed by atoms with Crippen LogP contribution in [0.15, 0.2) is 18.2 Å². The van der Waals surface area contributed by atoms with Crippen molar-refractivity contribution in [2.75, 3.05) is 19.0 Å². The van der Waals surface area contributed by atoms with Gasteiger partial charge in [0.1, 0.15) is 0 Å². The third-order valence-corrected chi connectivity index (χ3v) is 2.85. The van der Waals surface area contributed by atoms with Crippen LogP contribution < -0.4 is 15.8 Å². The first-order valence-corrected chi connectivity index (χ1v) is 5.86. The molecule has 0 radical (unpaired) electrons. The lowest BCUT2D eigenvalue weighted by Gasteiger charge is -2.30. The molecule has 0 spiro atoms. The second-order valence-corrected chi connectivity index (χ2v) is 4.49. The molecular weight excluding hydrogens is 219 g/mol. The van der Waals surface area contributed by atoms with Crippen LogP contribution in [-0.4, -0.2) is 19.2 Å². The molecule has 3 nitrogen and oxygen atoms in total. The molecule has 4 heteroatoms. The van der Waals surface area contributed by atoms with E-state index in [0.29, 0.717) is 6.54 Å². The zero-order valence-electron chi connectivity index (χ0n) is 10.7. The van der Waals surface area contributed by atoms with Crippen molar-refractivity contribution in [3.05, 3.63) is 24.0 Å². The van der Waals surface area contributed by atoms with Crippen molar-refractivity contribution in [3.8, 4) is 5.75 Å². The Bertz CT molecular complexity index is 370. The monoisotopic (exact) mass is 240 g/mol. The molecule has 0 aromatic heterocycles. The van der Waals surface area contributed by atoms with E-state index in [1.165, 1.54) is 13.2 Å². The zero-order chi connectivity index (χ0) is 12.9. The summed E-state index contributed by atoms with van der Waals surface area (Å²) in [6, 6.07) is 4.74. The minimum absolute atomic E-state index is 0.169. The minimum Gasteiger partial charge on any atom is -0.494 e. The van der Waals surface area contributed by atoms with Crippen LogP contribution in [-0.2, 0) is 0 Å². The molecule has 0 heterocycles.